The summed E-state index contributed by atoms with van der Waals surface area (Å²) in [7, 11) is 3.31. The van der Waals surface area contributed by atoms with Gasteiger partial charge in [0, 0.05) is 17.8 Å². The van der Waals surface area contributed by atoms with Gasteiger partial charge in [-0.3, -0.25) is 19.0 Å². The molecule has 2 heterocycles. The average Bonchev–Trinajstić information content (AvgIpc) is 3.57. The van der Waals surface area contributed by atoms with Gasteiger partial charge in [0.1, 0.15) is 11.5 Å². The van der Waals surface area contributed by atoms with E-state index < -0.39 is 0 Å². The lowest BCUT2D eigenvalue weighted by molar-refractivity contribution is 0.0967. The van der Waals surface area contributed by atoms with Crippen LogP contribution >= 0.6 is 15.9 Å². The summed E-state index contributed by atoms with van der Waals surface area (Å²) in [4.78, 5) is 23.8. The number of benzene rings is 2. The minimum Gasteiger partial charge on any atom is -0.497 e. The quantitative estimate of drug-likeness (QED) is 0.283. The van der Waals surface area contributed by atoms with Gasteiger partial charge in [-0.25, -0.2) is 0 Å². The molecule has 8 nitrogen and oxygen atoms in total. The third kappa shape index (κ3) is 5.98. The van der Waals surface area contributed by atoms with E-state index in [0.29, 0.717) is 19.5 Å². The molecule has 0 N–H and O–H groups in total. The van der Waals surface area contributed by atoms with E-state index in [-0.39, 0.29) is 16.4 Å². The van der Waals surface area contributed by atoms with Crippen molar-refractivity contribution in [2.75, 3.05) is 14.2 Å². The number of carbonyl (C=O) groups is 2. The number of methoxy groups -OCH3 is 2. The first-order valence-corrected chi connectivity index (χ1v) is 13.9. The van der Waals surface area contributed by atoms with Crippen LogP contribution in [0.3, 0.4) is 0 Å². The summed E-state index contributed by atoms with van der Waals surface area (Å²) >= 11 is 3.41. The van der Waals surface area contributed by atoms with Gasteiger partial charge in [-0.05, 0) is 61.1 Å². The van der Waals surface area contributed by atoms with Crippen LogP contribution in [-0.4, -0.2) is 50.2 Å². The summed E-state index contributed by atoms with van der Waals surface area (Å²) in [6.45, 7) is 1.38. The minimum atomic E-state index is -0.0614. The first kappa shape index (κ1) is 26.9. The number of carbonyl (C=O) groups excluding carboxylic acids is 2. The number of ketones is 2. The molecule has 0 spiro atoms. The van der Waals surface area contributed by atoms with Crippen molar-refractivity contribution in [1.29, 1.82) is 0 Å². The van der Waals surface area contributed by atoms with Gasteiger partial charge in [0.2, 0.25) is 0 Å². The van der Waals surface area contributed by atoms with E-state index in [4.69, 9.17) is 9.47 Å². The molecule has 2 aromatic heterocycles. The monoisotopic (exact) mass is 590 g/mol. The minimum absolute atomic E-state index is 0.0614. The first-order chi connectivity index (χ1) is 19.0. The molecule has 2 aromatic carbocycles. The van der Waals surface area contributed by atoms with E-state index in [0.717, 1.165) is 70.8 Å². The van der Waals surface area contributed by atoms with Crippen molar-refractivity contribution in [2.24, 2.45) is 0 Å². The number of nitrogens with zero attached hydrogens (tertiary/aromatic N) is 4. The Kier molecular flexibility index (Phi) is 8.26. The fourth-order valence-corrected chi connectivity index (χ4v) is 5.46. The topological polar surface area (TPSA) is 88.2 Å². The number of aromatic nitrogens is 4. The zero-order chi connectivity index (χ0) is 27.4. The molecule has 6 rings (SSSR count). The highest BCUT2D eigenvalue weighted by Gasteiger charge is 2.28. The van der Waals surface area contributed by atoms with Gasteiger partial charge in [-0.1, -0.05) is 40.2 Å². The molecule has 39 heavy (non-hydrogen) atoms. The molecule has 0 amide bonds. The normalized spacial score (nSPS) is 16.1. The molecule has 0 radical (unpaired) electrons. The molecule has 0 aliphatic heterocycles. The van der Waals surface area contributed by atoms with E-state index in [1.54, 1.807) is 26.6 Å². The third-order valence-electron chi connectivity index (χ3n) is 7.18. The second kappa shape index (κ2) is 12.0. The summed E-state index contributed by atoms with van der Waals surface area (Å²) in [6.07, 6.45) is 7.64. The van der Waals surface area contributed by atoms with Crippen LogP contribution in [0.1, 0.15) is 62.5 Å². The number of alkyl halides is 1. The molecule has 0 saturated carbocycles. The molecule has 0 bridgehead atoms. The van der Waals surface area contributed by atoms with Crippen molar-refractivity contribution in [3.05, 3.63) is 94.6 Å². The number of hydrogen-bond donors (Lipinski definition) is 0. The van der Waals surface area contributed by atoms with Crippen LogP contribution < -0.4 is 9.47 Å². The SMILES string of the molecule is COc1ccc(Cn2ncc3c2CCC(Br)C3=O)cc1.COc1ccc(Cn2ncc3c2CCCC3=O)cc1. The van der Waals surface area contributed by atoms with Crippen LogP contribution in [0.2, 0.25) is 0 Å². The van der Waals surface area contributed by atoms with Crippen LogP contribution in [-0.2, 0) is 25.9 Å². The lowest BCUT2D eigenvalue weighted by atomic mass is 9.96. The van der Waals surface area contributed by atoms with E-state index in [1.165, 1.54) is 0 Å². The van der Waals surface area contributed by atoms with Gasteiger partial charge in [-0.2, -0.15) is 10.2 Å². The summed E-state index contributed by atoms with van der Waals surface area (Å²) in [6, 6.07) is 15.8. The molecular formula is C30H31BrN4O4. The van der Waals surface area contributed by atoms with Crippen LogP contribution in [0.25, 0.3) is 0 Å². The molecule has 4 aromatic rings. The highest BCUT2D eigenvalue weighted by atomic mass is 79.9. The molecule has 2 aliphatic carbocycles. The smallest absolute Gasteiger partial charge is 0.179 e. The van der Waals surface area contributed by atoms with Crippen molar-refractivity contribution in [1.82, 2.24) is 19.6 Å². The Labute approximate surface area is 236 Å². The number of fused-ring (bicyclic) bond motifs is 2. The molecule has 2 aliphatic rings. The maximum atomic E-state index is 12.0. The fraction of sp³-hybridized carbons (Fsp3) is 0.333. The van der Waals surface area contributed by atoms with Gasteiger partial charge >= 0.3 is 0 Å². The number of rotatable bonds is 6. The number of hydrogen-bond acceptors (Lipinski definition) is 6. The van der Waals surface area contributed by atoms with Crippen molar-refractivity contribution < 1.29 is 19.1 Å². The third-order valence-corrected chi connectivity index (χ3v) is 8.06. The molecule has 0 fully saturated rings. The van der Waals surface area contributed by atoms with E-state index >= 15 is 0 Å². The summed E-state index contributed by atoms with van der Waals surface area (Å²) < 4.78 is 14.2. The highest BCUT2D eigenvalue weighted by molar-refractivity contribution is 9.10. The van der Waals surface area contributed by atoms with Gasteiger partial charge in [0.25, 0.3) is 0 Å². The highest BCUT2D eigenvalue weighted by Crippen LogP contribution is 2.26. The fourth-order valence-electron chi connectivity index (χ4n) is 4.98. The standard InChI is InChI=1S/C15H15BrN2O2.C15H16N2O2/c1-20-11-4-2-10(3-5-11)9-18-14-7-6-13(16)15(19)12(14)8-17-18;1-19-12-7-5-11(6-8-12)10-17-14-3-2-4-15(18)13(14)9-16-17/h2-5,8,13H,6-7,9H2,1H3;5-9H,2-4,10H2,1H3. The zero-order valence-corrected chi connectivity index (χ0v) is 23.7. The van der Waals surface area contributed by atoms with Crippen molar-refractivity contribution >= 4 is 27.5 Å². The second-order valence-corrected chi connectivity index (χ2v) is 10.8. The Bertz CT molecular complexity index is 1460. The predicted octanol–water partition coefficient (Wildman–Crippen LogP) is 5.29. The summed E-state index contributed by atoms with van der Waals surface area (Å²) in [5.74, 6) is 2.06. The van der Waals surface area contributed by atoms with Crippen molar-refractivity contribution in [3.8, 4) is 11.5 Å². The lowest BCUT2D eigenvalue weighted by Gasteiger charge is -2.17. The number of ether oxygens (including phenoxy) is 2. The van der Waals surface area contributed by atoms with E-state index in [1.807, 2.05) is 57.9 Å². The lowest BCUT2D eigenvalue weighted by Crippen LogP contribution is -2.23. The van der Waals surface area contributed by atoms with Crippen LogP contribution in [0.5, 0.6) is 11.5 Å². The largest absolute Gasteiger partial charge is 0.497 e. The number of halogens is 1. The molecule has 202 valence electrons. The molecule has 1 unspecified atom stereocenters. The Hall–Kier alpha value is -3.72. The second-order valence-electron chi connectivity index (χ2n) is 9.67. The maximum absolute atomic E-state index is 12.0. The zero-order valence-electron chi connectivity index (χ0n) is 22.1. The van der Waals surface area contributed by atoms with Crippen LogP contribution in [0.4, 0.5) is 0 Å². The van der Waals surface area contributed by atoms with E-state index in [9.17, 15) is 9.59 Å². The Morgan fingerprint density at radius 2 is 1.28 bits per heavy atom. The van der Waals surface area contributed by atoms with Gasteiger partial charge in [-0.15, -0.1) is 0 Å². The van der Waals surface area contributed by atoms with Crippen LogP contribution in [0.15, 0.2) is 60.9 Å². The average molecular weight is 592 g/mol. The summed E-state index contributed by atoms with van der Waals surface area (Å²) in [5.41, 5.74) is 5.98. The van der Waals surface area contributed by atoms with Gasteiger partial charge in [0.05, 0.1) is 55.7 Å². The van der Waals surface area contributed by atoms with Crippen molar-refractivity contribution in [2.45, 2.75) is 50.0 Å². The Morgan fingerprint density at radius 1 is 0.769 bits per heavy atom. The first-order valence-electron chi connectivity index (χ1n) is 13.0. The Morgan fingerprint density at radius 3 is 1.82 bits per heavy atom. The van der Waals surface area contributed by atoms with Crippen molar-refractivity contribution in [3.63, 3.8) is 0 Å². The number of Topliss-reactive ketones (excluding diaryl/α,β-unsaturated/α-hetero) is 2. The van der Waals surface area contributed by atoms with Gasteiger partial charge < -0.3 is 9.47 Å². The molecule has 9 heteroatoms. The maximum Gasteiger partial charge on any atom is 0.179 e. The van der Waals surface area contributed by atoms with E-state index in [2.05, 4.69) is 26.1 Å². The predicted molar refractivity (Wildman–Crippen MR) is 151 cm³/mol. The molecule has 1 atom stereocenters. The van der Waals surface area contributed by atoms with Crippen LogP contribution in [0, 0.1) is 0 Å². The van der Waals surface area contributed by atoms with Gasteiger partial charge in [0.15, 0.2) is 11.6 Å². The summed E-state index contributed by atoms with van der Waals surface area (Å²) in [5, 5.41) is 8.71. The molecular weight excluding hydrogens is 560 g/mol. The molecule has 0 saturated heterocycles. The Balaban J connectivity index is 0.000000158.